The van der Waals surface area contributed by atoms with E-state index in [1.807, 2.05) is 0 Å². The molecule has 0 radical (unpaired) electrons. The van der Waals surface area contributed by atoms with Crippen LogP contribution in [-0.4, -0.2) is 28.0 Å². The molecule has 0 bridgehead atoms. The molecule has 5 rings (SSSR count). The predicted octanol–water partition coefficient (Wildman–Crippen LogP) is 6.27. The molecule has 5 aromatic rings. The van der Waals surface area contributed by atoms with Crippen LogP contribution in [0, 0.1) is 17.5 Å². The Morgan fingerprint density at radius 3 is 2.59 bits per heavy atom. The zero-order valence-electron chi connectivity index (χ0n) is 20.2. The van der Waals surface area contributed by atoms with Gasteiger partial charge in [0.05, 0.1) is 28.9 Å². The lowest BCUT2D eigenvalue weighted by Crippen LogP contribution is -2.14. The summed E-state index contributed by atoms with van der Waals surface area (Å²) < 4.78 is 46.6. The maximum atomic E-state index is 14.1. The summed E-state index contributed by atoms with van der Waals surface area (Å²) in [6.07, 6.45) is 1.54. The molecule has 39 heavy (non-hydrogen) atoms. The van der Waals surface area contributed by atoms with E-state index < -0.39 is 28.9 Å². The monoisotopic (exact) mass is 548 g/mol. The van der Waals surface area contributed by atoms with Crippen LogP contribution >= 0.6 is 11.3 Å². The largest absolute Gasteiger partial charge is 0.494 e. The second kappa shape index (κ2) is 10.8. The zero-order valence-corrected chi connectivity index (χ0v) is 21.0. The van der Waals surface area contributed by atoms with Crippen molar-refractivity contribution in [2.24, 2.45) is 0 Å². The van der Waals surface area contributed by atoms with Crippen LogP contribution < -0.4 is 21.1 Å². The van der Waals surface area contributed by atoms with Crippen LogP contribution in [0.2, 0.25) is 0 Å². The van der Waals surface area contributed by atoms with Crippen molar-refractivity contribution in [3.63, 3.8) is 0 Å². The first-order valence-corrected chi connectivity index (χ1v) is 12.2. The molecule has 8 nitrogen and oxygen atoms in total. The van der Waals surface area contributed by atoms with Gasteiger partial charge in [-0.25, -0.2) is 28.1 Å². The van der Waals surface area contributed by atoms with Crippen LogP contribution in [0.25, 0.3) is 21.8 Å². The molecule has 0 spiro atoms. The highest BCUT2D eigenvalue weighted by Crippen LogP contribution is 2.38. The number of carbonyl (C=O) groups is 1. The first-order chi connectivity index (χ1) is 18.8. The molecule has 0 atom stereocenters. The maximum absolute atomic E-state index is 14.1. The van der Waals surface area contributed by atoms with Gasteiger partial charge < -0.3 is 21.1 Å². The van der Waals surface area contributed by atoms with Crippen molar-refractivity contribution in [1.29, 1.82) is 0 Å². The van der Waals surface area contributed by atoms with Crippen molar-refractivity contribution in [3.8, 4) is 27.6 Å². The third-order valence-electron chi connectivity index (χ3n) is 5.51. The number of nitrogens with zero attached hydrogens (tertiary/aromatic N) is 3. The van der Waals surface area contributed by atoms with E-state index in [1.165, 1.54) is 36.8 Å². The molecule has 4 N–H and O–H groups in total. The SMILES string of the molecule is COc1ccc(Nc2nccc(-c3sc(N)nc3-c3cccc(NC(=O)c4cc(F)ccc4F)c3)n2)cc1F. The van der Waals surface area contributed by atoms with E-state index >= 15 is 0 Å². The zero-order chi connectivity index (χ0) is 27.5. The molecule has 0 saturated carbocycles. The Balaban J connectivity index is 1.43. The lowest BCUT2D eigenvalue weighted by molar-refractivity contribution is 0.102. The molecule has 0 aliphatic carbocycles. The van der Waals surface area contributed by atoms with Gasteiger partial charge in [-0.15, -0.1) is 0 Å². The minimum absolute atomic E-state index is 0.111. The number of nitrogens with two attached hydrogens (primary N) is 1. The number of hydrogen-bond acceptors (Lipinski definition) is 8. The fourth-order valence-electron chi connectivity index (χ4n) is 3.74. The number of aromatic nitrogens is 3. The number of nitrogen functional groups attached to an aromatic ring is 1. The summed E-state index contributed by atoms with van der Waals surface area (Å²) in [4.78, 5) is 26.4. The van der Waals surface area contributed by atoms with Gasteiger partial charge in [-0.05, 0) is 48.5 Å². The molecule has 2 heterocycles. The van der Waals surface area contributed by atoms with E-state index in [0.717, 1.165) is 18.2 Å². The van der Waals surface area contributed by atoms with Crippen molar-refractivity contribution in [2.45, 2.75) is 0 Å². The molecule has 12 heteroatoms. The Morgan fingerprint density at radius 1 is 0.949 bits per heavy atom. The normalized spacial score (nSPS) is 10.8. The molecule has 0 aliphatic rings. The summed E-state index contributed by atoms with van der Waals surface area (Å²) >= 11 is 1.20. The highest BCUT2D eigenvalue weighted by molar-refractivity contribution is 7.19. The molecule has 1 amide bonds. The molecule has 0 fully saturated rings. The van der Waals surface area contributed by atoms with Gasteiger partial charge in [-0.3, -0.25) is 4.79 Å². The second-order valence-corrected chi connectivity index (χ2v) is 9.16. The Labute approximate surface area is 224 Å². The van der Waals surface area contributed by atoms with E-state index in [9.17, 15) is 18.0 Å². The molecule has 3 aromatic carbocycles. The Morgan fingerprint density at radius 2 is 1.79 bits per heavy atom. The van der Waals surface area contributed by atoms with Crippen molar-refractivity contribution >= 4 is 39.7 Å². The molecule has 0 saturated heterocycles. The number of rotatable bonds is 7. The molecular formula is C27H19F3N6O2S. The van der Waals surface area contributed by atoms with Gasteiger partial charge in [0.2, 0.25) is 5.95 Å². The van der Waals surface area contributed by atoms with Crippen molar-refractivity contribution in [3.05, 3.63) is 95.9 Å². The number of hydrogen-bond donors (Lipinski definition) is 3. The Hall–Kier alpha value is -4.97. The van der Waals surface area contributed by atoms with Gasteiger partial charge in [-0.1, -0.05) is 23.5 Å². The summed E-state index contributed by atoms with van der Waals surface area (Å²) in [5.74, 6) is -2.58. The van der Waals surface area contributed by atoms with Gasteiger partial charge >= 0.3 is 0 Å². The van der Waals surface area contributed by atoms with E-state index in [-0.39, 0.29) is 16.8 Å². The minimum atomic E-state index is -0.842. The summed E-state index contributed by atoms with van der Waals surface area (Å²) in [6, 6.07) is 15.4. The van der Waals surface area contributed by atoms with Crippen LogP contribution in [-0.2, 0) is 0 Å². The lowest BCUT2D eigenvalue weighted by Gasteiger charge is -2.10. The fraction of sp³-hybridized carbons (Fsp3) is 0.0370. The number of benzene rings is 3. The summed E-state index contributed by atoms with van der Waals surface area (Å²) in [7, 11) is 1.38. The van der Waals surface area contributed by atoms with Crippen LogP contribution in [0.3, 0.4) is 0 Å². The lowest BCUT2D eigenvalue weighted by atomic mass is 10.1. The minimum Gasteiger partial charge on any atom is -0.494 e. The highest BCUT2D eigenvalue weighted by atomic mass is 32.1. The van der Waals surface area contributed by atoms with Crippen LogP contribution in [0.4, 0.5) is 35.6 Å². The summed E-state index contributed by atoms with van der Waals surface area (Å²) in [5.41, 5.74) is 7.97. The van der Waals surface area contributed by atoms with E-state index in [2.05, 4.69) is 25.6 Å². The summed E-state index contributed by atoms with van der Waals surface area (Å²) in [6.45, 7) is 0. The number of nitrogens with one attached hydrogen (secondary N) is 2. The number of thiazole rings is 1. The van der Waals surface area contributed by atoms with Gasteiger partial charge in [0.25, 0.3) is 5.91 Å². The third kappa shape index (κ3) is 5.65. The van der Waals surface area contributed by atoms with Gasteiger partial charge in [0.1, 0.15) is 11.6 Å². The Bertz CT molecular complexity index is 1690. The molecule has 2 aromatic heterocycles. The van der Waals surface area contributed by atoms with E-state index in [1.54, 1.807) is 36.4 Å². The number of anilines is 4. The average Bonchev–Trinajstić information content (AvgIpc) is 3.32. The van der Waals surface area contributed by atoms with E-state index in [0.29, 0.717) is 33.2 Å². The number of carbonyl (C=O) groups excluding carboxylic acids is 1. The third-order valence-corrected chi connectivity index (χ3v) is 6.41. The van der Waals surface area contributed by atoms with Crippen molar-refractivity contribution < 1.29 is 22.7 Å². The van der Waals surface area contributed by atoms with Gasteiger partial charge in [0, 0.05) is 29.2 Å². The van der Waals surface area contributed by atoms with Crippen LogP contribution in [0.1, 0.15) is 10.4 Å². The Kier molecular flexibility index (Phi) is 7.10. The molecule has 196 valence electrons. The smallest absolute Gasteiger partial charge is 0.258 e. The number of halogens is 3. The first-order valence-electron chi connectivity index (χ1n) is 11.4. The predicted molar refractivity (Wildman–Crippen MR) is 144 cm³/mol. The van der Waals surface area contributed by atoms with Gasteiger partial charge in [0.15, 0.2) is 16.7 Å². The first kappa shape index (κ1) is 25.7. The van der Waals surface area contributed by atoms with Gasteiger partial charge in [-0.2, -0.15) is 0 Å². The molecule has 0 unspecified atom stereocenters. The molecular weight excluding hydrogens is 529 g/mol. The van der Waals surface area contributed by atoms with Crippen LogP contribution in [0.15, 0.2) is 72.9 Å². The molecule has 0 aliphatic heterocycles. The quantitative estimate of drug-likeness (QED) is 0.220. The number of ether oxygens (including phenoxy) is 1. The van der Waals surface area contributed by atoms with E-state index in [4.69, 9.17) is 10.5 Å². The topological polar surface area (TPSA) is 115 Å². The maximum Gasteiger partial charge on any atom is 0.258 e. The number of amides is 1. The average molecular weight is 549 g/mol. The standard InChI is InChI=1S/C27H19F3N6O2S/c1-38-22-8-6-17(13-20(22)30)34-27-32-10-9-21(35-27)24-23(36-26(31)39-24)14-3-2-4-16(11-14)33-25(37)18-12-15(28)5-7-19(18)29/h2-13H,1H3,(H2,31,36)(H,33,37)(H,32,34,35). The van der Waals surface area contributed by atoms with Crippen LogP contribution in [0.5, 0.6) is 5.75 Å². The highest BCUT2D eigenvalue weighted by Gasteiger charge is 2.18. The van der Waals surface area contributed by atoms with Crippen molar-refractivity contribution in [1.82, 2.24) is 15.0 Å². The van der Waals surface area contributed by atoms with Crippen molar-refractivity contribution in [2.75, 3.05) is 23.5 Å². The number of methoxy groups -OCH3 is 1. The fourth-order valence-corrected chi connectivity index (χ4v) is 4.56. The summed E-state index contributed by atoms with van der Waals surface area (Å²) in [5, 5.41) is 5.81. The second-order valence-electron chi connectivity index (χ2n) is 8.13.